The van der Waals surface area contributed by atoms with E-state index in [-0.39, 0.29) is 11.8 Å². The van der Waals surface area contributed by atoms with Crippen LogP contribution >= 0.6 is 0 Å². The van der Waals surface area contributed by atoms with Crippen LogP contribution in [0.15, 0.2) is 42.5 Å². The van der Waals surface area contributed by atoms with Crippen molar-refractivity contribution < 1.29 is 9.59 Å². The molecule has 2 amide bonds. The quantitative estimate of drug-likeness (QED) is 0.728. The number of carbonyl (C=O) groups excluding carboxylic acids is 2. The van der Waals surface area contributed by atoms with E-state index in [1.54, 1.807) is 0 Å². The minimum Gasteiger partial charge on any atom is -0.326 e. The molecule has 0 radical (unpaired) electrons. The normalized spacial score (nSPS) is 13.4. The van der Waals surface area contributed by atoms with Gasteiger partial charge >= 0.3 is 0 Å². The third-order valence-corrected chi connectivity index (χ3v) is 5.08. The molecule has 2 N–H and O–H groups in total. The van der Waals surface area contributed by atoms with E-state index in [2.05, 4.69) is 15.5 Å². The molecule has 1 fully saturated rings. The van der Waals surface area contributed by atoms with Gasteiger partial charge in [-0.05, 0) is 62.4 Å². The number of nitrogens with one attached hydrogen (secondary N) is 2. The van der Waals surface area contributed by atoms with Crippen LogP contribution in [0.2, 0.25) is 0 Å². The highest BCUT2D eigenvalue weighted by molar-refractivity contribution is 5.94. The van der Waals surface area contributed by atoms with Crippen molar-refractivity contribution in [2.75, 3.05) is 23.7 Å². The van der Waals surface area contributed by atoms with Crippen LogP contribution in [0.4, 0.5) is 11.4 Å². The summed E-state index contributed by atoms with van der Waals surface area (Å²) < 4.78 is 0. The Morgan fingerprint density at radius 1 is 0.964 bits per heavy atom. The molecular formula is C23H29N3O2. The van der Waals surface area contributed by atoms with Crippen LogP contribution in [0.5, 0.6) is 0 Å². The van der Waals surface area contributed by atoms with Gasteiger partial charge in [0, 0.05) is 30.4 Å². The number of hydrogen-bond acceptors (Lipinski definition) is 3. The van der Waals surface area contributed by atoms with Gasteiger partial charge in [-0.15, -0.1) is 0 Å². The highest BCUT2D eigenvalue weighted by Crippen LogP contribution is 2.27. The second kappa shape index (κ2) is 9.02. The van der Waals surface area contributed by atoms with Crippen molar-refractivity contribution in [2.24, 2.45) is 0 Å². The summed E-state index contributed by atoms with van der Waals surface area (Å²) in [6, 6.07) is 14.2. The van der Waals surface area contributed by atoms with Crippen molar-refractivity contribution in [1.29, 1.82) is 0 Å². The molecule has 0 unspecified atom stereocenters. The third-order valence-electron chi connectivity index (χ3n) is 5.08. The van der Waals surface area contributed by atoms with Gasteiger partial charge in [0.2, 0.25) is 11.8 Å². The van der Waals surface area contributed by atoms with Gasteiger partial charge in [-0.3, -0.25) is 14.5 Å². The van der Waals surface area contributed by atoms with E-state index in [1.165, 1.54) is 0 Å². The predicted molar refractivity (Wildman–Crippen MR) is 114 cm³/mol. The maximum atomic E-state index is 12.6. The fourth-order valence-electron chi connectivity index (χ4n) is 3.40. The number of nitrogens with zero attached hydrogens (tertiary/aromatic N) is 1. The van der Waals surface area contributed by atoms with Crippen molar-refractivity contribution in [3.05, 3.63) is 59.2 Å². The minimum absolute atomic E-state index is 0.0218. The SMILES string of the molecule is Cc1cccc(NC(=O)CCN(CC(=O)Nc2c(C)cccc2C)C2CC2)c1. The van der Waals surface area contributed by atoms with Gasteiger partial charge in [0.15, 0.2) is 0 Å². The van der Waals surface area contributed by atoms with E-state index in [1.807, 2.05) is 63.2 Å². The molecule has 148 valence electrons. The van der Waals surface area contributed by atoms with Crippen molar-refractivity contribution >= 4 is 23.2 Å². The van der Waals surface area contributed by atoms with Gasteiger partial charge < -0.3 is 10.6 Å². The van der Waals surface area contributed by atoms with E-state index in [0.29, 0.717) is 25.6 Å². The first kappa shape index (κ1) is 20.1. The summed E-state index contributed by atoms with van der Waals surface area (Å²) in [6.45, 7) is 6.89. The smallest absolute Gasteiger partial charge is 0.238 e. The standard InChI is InChI=1S/C23H29N3O2/c1-16-6-4-9-19(14-16)24-21(27)12-13-26(20-10-11-20)15-22(28)25-23-17(2)7-5-8-18(23)3/h4-9,14,20H,10-13,15H2,1-3H3,(H,24,27)(H,25,28). The first-order valence-corrected chi connectivity index (χ1v) is 9.89. The van der Waals surface area contributed by atoms with Gasteiger partial charge in [-0.2, -0.15) is 0 Å². The van der Waals surface area contributed by atoms with E-state index in [0.717, 1.165) is 40.9 Å². The molecule has 0 aliphatic heterocycles. The molecule has 1 saturated carbocycles. The molecule has 2 aromatic carbocycles. The predicted octanol–water partition coefficient (Wildman–Crippen LogP) is 4.04. The highest BCUT2D eigenvalue weighted by atomic mass is 16.2. The number of hydrogen-bond donors (Lipinski definition) is 2. The average molecular weight is 380 g/mol. The molecule has 0 aromatic heterocycles. The van der Waals surface area contributed by atoms with Crippen molar-refractivity contribution in [3.8, 4) is 0 Å². The van der Waals surface area contributed by atoms with Crippen LogP contribution < -0.4 is 10.6 Å². The molecule has 28 heavy (non-hydrogen) atoms. The Morgan fingerprint density at radius 3 is 2.29 bits per heavy atom. The van der Waals surface area contributed by atoms with Gasteiger partial charge in [-0.1, -0.05) is 30.3 Å². The van der Waals surface area contributed by atoms with Crippen LogP contribution in [0, 0.1) is 20.8 Å². The monoisotopic (exact) mass is 379 g/mol. The lowest BCUT2D eigenvalue weighted by Gasteiger charge is -2.22. The Balaban J connectivity index is 1.52. The number of aryl methyl sites for hydroxylation is 3. The lowest BCUT2D eigenvalue weighted by Crippen LogP contribution is -2.37. The van der Waals surface area contributed by atoms with E-state index in [4.69, 9.17) is 0 Å². The largest absolute Gasteiger partial charge is 0.326 e. The van der Waals surface area contributed by atoms with Crippen LogP contribution in [0.3, 0.4) is 0 Å². The second-order valence-corrected chi connectivity index (χ2v) is 7.68. The Labute approximate surface area is 167 Å². The van der Waals surface area contributed by atoms with Gasteiger partial charge in [-0.25, -0.2) is 0 Å². The van der Waals surface area contributed by atoms with E-state index >= 15 is 0 Å². The van der Waals surface area contributed by atoms with Gasteiger partial charge in [0.1, 0.15) is 0 Å². The first-order valence-electron chi connectivity index (χ1n) is 9.89. The summed E-state index contributed by atoms with van der Waals surface area (Å²) in [5.41, 5.74) is 4.93. The molecule has 0 atom stereocenters. The van der Waals surface area contributed by atoms with Crippen molar-refractivity contribution in [1.82, 2.24) is 4.90 Å². The fraction of sp³-hybridized carbons (Fsp3) is 0.391. The Kier molecular flexibility index (Phi) is 6.47. The molecule has 0 heterocycles. The lowest BCUT2D eigenvalue weighted by molar-refractivity contribution is -0.119. The molecule has 1 aliphatic rings. The molecule has 0 spiro atoms. The molecule has 0 bridgehead atoms. The topological polar surface area (TPSA) is 61.4 Å². The molecular weight excluding hydrogens is 350 g/mol. The zero-order valence-electron chi connectivity index (χ0n) is 16.9. The number of benzene rings is 2. The van der Waals surface area contributed by atoms with Crippen molar-refractivity contribution in [3.63, 3.8) is 0 Å². The summed E-state index contributed by atoms with van der Waals surface area (Å²) in [5.74, 6) is -0.0465. The Morgan fingerprint density at radius 2 is 1.64 bits per heavy atom. The molecule has 5 nitrogen and oxygen atoms in total. The van der Waals surface area contributed by atoms with E-state index < -0.39 is 0 Å². The maximum Gasteiger partial charge on any atom is 0.238 e. The Bertz CT molecular complexity index is 838. The summed E-state index contributed by atoms with van der Waals surface area (Å²) >= 11 is 0. The lowest BCUT2D eigenvalue weighted by atomic mass is 10.1. The summed E-state index contributed by atoms with van der Waals surface area (Å²) in [4.78, 5) is 27.0. The molecule has 2 aromatic rings. The summed E-state index contributed by atoms with van der Waals surface area (Å²) in [7, 11) is 0. The van der Waals surface area contributed by atoms with Gasteiger partial charge in [0.25, 0.3) is 0 Å². The molecule has 0 saturated heterocycles. The van der Waals surface area contributed by atoms with E-state index in [9.17, 15) is 9.59 Å². The average Bonchev–Trinajstić information content (AvgIpc) is 3.47. The third kappa shape index (κ3) is 5.67. The van der Waals surface area contributed by atoms with Crippen LogP contribution in [0.1, 0.15) is 36.0 Å². The highest BCUT2D eigenvalue weighted by Gasteiger charge is 2.30. The van der Waals surface area contributed by atoms with Gasteiger partial charge in [0.05, 0.1) is 6.54 Å². The van der Waals surface area contributed by atoms with Crippen LogP contribution in [-0.4, -0.2) is 35.8 Å². The van der Waals surface area contributed by atoms with Crippen LogP contribution in [0.25, 0.3) is 0 Å². The molecule has 5 heteroatoms. The molecule has 1 aliphatic carbocycles. The number of carbonyl (C=O) groups is 2. The second-order valence-electron chi connectivity index (χ2n) is 7.68. The number of rotatable bonds is 8. The van der Waals surface area contributed by atoms with Crippen molar-refractivity contribution in [2.45, 2.75) is 46.1 Å². The number of anilines is 2. The van der Waals surface area contributed by atoms with Crippen LogP contribution in [-0.2, 0) is 9.59 Å². The first-order chi connectivity index (χ1) is 13.4. The molecule has 3 rings (SSSR count). The summed E-state index contributed by atoms with van der Waals surface area (Å²) in [5, 5.41) is 5.98. The zero-order chi connectivity index (χ0) is 20.1. The number of para-hydroxylation sites is 1. The minimum atomic E-state index is -0.0246. The zero-order valence-corrected chi connectivity index (χ0v) is 16.9. The number of amides is 2. The maximum absolute atomic E-state index is 12.6. The Hall–Kier alpha value is -2.66. The fourth-order valence-corrected chi connectivity index (χ4v) is 3.40. The summed E-state index contributed by atoms with van der Waals surface area (Å²) in [6.07, 6.45) is 2.56.